The molecule has 2 rings (SSSR count). The first-order valence-corrected chi connectivity index (χ1v) is 6.60. The van der Waals surface area contributed by atoms with Gasteiger partial charge in [-0.15, -0.1) is 0 Å². The molecule has 2 N–H and O–H groups in total. The number of benzene rings is 1. The number of nitro groups is 1. The molecule has 7 heteroatoms. The zero-order valence-corrected chi connectivity index (χ0v) is 12.0. The van der Waals surface area contributed by atoms with Crippen LogP contribution in [-0.2, 0) is 11.3 Å². The Kier molecular flexibility index (Phi) is 5.02. The summed E-state index contributed by atoms with van der Waals surface area (Å²) in [4.78, 5) is 10.5. The van der Waals surface area contributed by atoms with Gasteiger partial charge < -0.3 is 10.1 Å². The van der Waals surface area contributed by atoms with Gasteiger partial charge in [-0.3, -0.25) is 15.2 Å². The normalized spacial score (nSPS) is 10.8. The Morgan fingerprint density at radius 2 is 2.29 bits per heavy atom. The van der Waals surface area contributed by atoms with Crippen molar-refractivity contribution in [3.8, 4) is 11.3 Å². The average molecular weight is 290 g/mol. The number of rotatable bonds is 7. The van der Waals surface area contributed by atoms with Crippen molar-refractivity contribution in [3.05, 3.63) is 45.6 Å². The maximum Gasteiger partial charge on any atom is 0.270 e. The number of aromatic amines is 1. The highest BCUT2D eigenvalue weighted by Gasteiger charge is 2.14. The van der Waals surface area contributed by atoms with Crippen LogP contribution in [0.2, 0.25) is 0 Å². The highest BCUT2D eigenvalue weighted by molar-refractivity contribution is 5.69. The molecule has 21 heavy (non-hydrogen) atoms. The van der Waals surface area contributed by atoms with Gasteiger partial charge in [-0.2, -0.15) is 5.10 Å². The maximum absolute atomic E-state index is 10.9. The second-order valence-electron chi connectivity index (χ2n) is 4.70. The summed E-state index contributed by atoms with van der Waals surface area (Å²) in [7, 11) is 1.65. The number of hydrogen-bond acceptors (Lipinski definition) is 5. The molecule has 1 aromatic heterocycles. The second kappa shape index (κ2) is 6.96. The molecule has 0 radical (unpaired) electrons. The predicted molar refractivity (Wildman–Crippen MR) is 79.0 cm³/mol. The van der Waals surface area contributed by atoms with Crippen LogP contribution in [0.5, 0.6) is 0 Å². The number of nitrogens with zero attached hydrogens (tertiary/aromatic N) is 2. The fraction of sp³-hybridized carbons (Fsp3) is 0.357. The van der Waals surface area contributed by atoms with E-state index in [4.69, 9.17) is 4.74 Å². The number of aromatic nitrogens is 2. The van der Waals surface area contributed by atoms with E-state index in [2.05, 4.69) is 15.5 Å². The molecule has 0 bridgehead atoms. The molecule has 2 aromatic rings. The van der Waals surface area contributed by atoms with Crippen LogP contribution in [0.1, 0.15) is 11.1 Å². The topological polar surface area (TPSA) is 93.1 Å². The van der Waals surface area contributed by atoms with Crippen LogP contribution in [-0.4, -0.2) is 35.4 Å². The van der Waals surface area contributed by atoms with Crippen LogP contribution in [0.25, 0.3) is 11.3 Å². The molecule has 7 nitrogen and oxygen atoms in total. The molecule has 0 aliphatic rings. The molecule has 0 aliphatic carbocycles. The molecule has 0 amide bonds. The van der Waals surface area contributed by atoms with Gasteiger partial charge in [0.1, 0.15) is 0 Å². The highest BCUT2D eigenvalue weighted by atomic mass is 16.6. The number of H-pyrrole nitrogens is 1. The third-order valence-corrected chi connectivity index (χ3v) is 3.22. The second-order valence-corrected chi connectivity index (χ2v) is 4.70. The number of nitrogens with one attached hydrogen (secondary N) is 2. The standard InChI is InChI=1S/C14H18N4O3/c1-10-3-4-12(18(19)20)7-13(10)14-11(9-16-17-14)8-15-5-6-21-2/h3-4,7,9,15H,5-6,8H2,1-2H3,(H,16,17). The Morgan fingerprint density at radius 3 is 3.00 bits per heavy atom. The summed E-state index contributed by atoms with van der Waals surface area (Å²) >= 11 is 0. The molecule has 112 valence electrons. The van der Waals surface area contributed by atoms with Crippen molar-refractivity contribution in [1.82, 2.24) is 15.5 Å². The summed E-state index contributed by atoms with van der Waals surface area (Å²) in [5, 5.41) is 21.1. The van der Waals surface area contributed by atoms with Gasteiger partial charge in [-0.25, -0.2) is 0 Å². The van der Waals surface area contributed by atoms with Crippen molar-refractivity contribution in [3.63, 3.8) is 0 Å². The third kappa shape index (κ3) is 3.65. The zero-order chi connectivity index (χ0) is 15.2. The SMILES string of the molecule is COCCNCc1cn[nH]c1-c1cc([N+](=O)[O-])ccc1C. The van der Waals surface area contributed by atoms with E-state index in [1.165, 1.54) is 6.07 Å². The van der Waals surface area contributed by atoms with Crippen LogP contribution in [0, 0.1) is 17.0 Å². The molecule has 0 atom stereocenters. The van der Waals surface area contributed by atoms with Gasteiger partial charge in [0.05, 0.1) is 23.4 Å². The van der Waals surface area contributed by atoms with Crippen LogP contribution in [0.4, 0.5) is 5.69 Å². The fourth-order valence-corrected chi connectivity index (χ4v) is 2.07. The lowest BCUT2D eigenvalue weighted by molar-refractivity contribution is -0.384. The molecule has 0 saturated carbocycles. The van der Waals surface area contributed by atoms with E-state index in [-0.39, 0.29) is 5.69 Å². The maximum atomic E-state index is 10.9. The average Bonchev–Trinajstić information content (AvgIpc) is 2.92. The molecular formula is C14H18N4O3. The molecule has 0 spiro atoms. The molecule has 1 aromatic carbocycles. The highest BCUT2D eigenvalue weighted by Crippen LogP contribution is 2.28. The van der Waals surface area contributed by atoms with E-state index in [9.17, 15) is 10.1 Å². The monoisotopic (exact) mass is 290 g/mol. The smallest absolute Gasteiger partial charge is 0.270 e. The van der Waals surface area contributed by atoms with Crippen molar-refractivity contribution in [2.24, 2.45) is 0 Å². The Hall–Kier alpha value is -2.25. The Morgan fingerprint density at radius 1 is 1.48 bits per heavy atom. The van der Waals surface area contributed by atoms with Crippen molar-refractivity contribution < 1.29 is 9.66 Å². The summed E-state index contributed by atoms with van der Waals surface area (Å²) in [5.41, 5.74) is 3.60. The first-order valence-electron chi connectivity index (χ1n) is 6.60. The van der Waals surface area contributed by atoms with Gasteiger partial charge in [-0.1, -0.05) is 6.07 Å². The molecule has 0 aliphatic heterocycles. The largest absolute Gasteiger partial charge is 0.383 e. The minimum absolute atomic E-state index is 0.0727. The summed E-state index contributed by atoms with van der Waals surface area (Å²) in [5.74, 6) is 0. The van der Waals surface area contributed by atoms with E-state index < -0.39 is 4.92 Å². The molecule has 0 fully saturated rings. The molecule has 0 unspecified atom stereocenters. The quantitative estimate of drug-likeness (QED) is 0.462. The van der Waals surface area contributed by atoms with Crippen LogP contribution >= 0.6 is 0 Å². The predicted octanol–water partition coefficient (Wildman–Crippen LogP) is 2.03. The first kappa shape index (κ1) is 15.1. The lowest BCUT2D eigenvalue weighted by Crippen LogP contribution is -2.18. The number of methoxy groups -OCH3 is 1. The molecule has 0 saturated heterocycles. The summed E-state index contributed by atoms with van der Waals surface area (Å²) in [6.07, 6.45) is 1.73. The van der Waals surface area contributed by atoms with E-state index in [1.807, 2.05) is 6.92 Å². The van der Waals surface area contributed by atoms with Gasteiger partial charge in [0, 0.05) is 43.5 Å². The van der Waals surface area contributed by atoms with Crippen molar-refractivity contribution >= 4 is 5.69 Å². The summed E-state index contributed by atoms with van der Waals surface area (Å²) in [6, 6.07) is 4.82. The van der Waals surface area contributed by atoms with Crippen LogP contribution < -0.4 is 5.32 Å². The lowest BCUT2D eigenvalue weighted by Gasteiger charge is -2.08. The molecule has 1 heterocycles. The first-order chi connectivity index (χ1) is 10.1. The van der Waals surface area contributed by atoms with E-state index in [1.54, 1.807) is 25.4 Å². The number of aryl methyl sites for hydroxylation is 1. The zero-order valence-electron chi connectivity index (χ0n) is 12.0. The number of non-ortho nitro benzene ring substituents is 1. The van der Waals surface area contributed by atoms with Crippen molar-refractivity contribution in [1.29, 1.82) is 0 Å². The van der Waals surface area contributed by atoms with Gasteiger partial charge in [0.15, 0.2) is 0 Å². The van der Waals surface area contributed by atoms with Gasteiger partial charge in [-0.05, 0) is 12.5 Å². The summed E-state index contributed by atoms with van der Waals surface area (Å²) < 4.78 is 4.98. The van der Waals surface area contributed by atoms with E-state index in [0.29, 0.717) is 13.2 Å². The van der Waals surface area contributed by atoms with E-state index >= 15 is 0 Å². The van der Waals surface area contributed by atoms with Gasteiger partial charge in [0.25, 0.3) is 5.69 Å². The number of hydrogen-bond donors (Lipinski definition) is 2. The van der Waals surface area contributed by atoms with Gasteiger partial charge in [0.2, 0.25) is 0 Å². The fourth-order valence-electron chi connectivity index (χ4n) is 2.07. The molecular weight excluding hydrogens is 272 g/mol. The Bertz CT molecular complexity index is 624. The minimum Gasteiger partial charge on any atom is -0.383 e. The number of nitro benzene ring substituents is 1. The summed E-state index contributed by atoms with van der Waals surface area (Å²) in [6.45, 7) is 3.90. The Balaban J connectivity index is 2.24. The van der Waals surface area contributed by atoms with Crippen LogP contribution in [0.3, 0.4) is 0 Å². The van der Waals surface area contributed by atoms with E-state index in [0.717, 1.165) is 28.9 Å². The van der Waals surface area contributed by atoms with Gasteiger partial charge >= 0.3 is 0 Å². The van der Waals surface area contributed by atoms with Crippen molar-refractivity contribution in [2.75, 3.05) is 20.3 Å². The van der Waals surface area contributed by atoms with Crippen LogP contribution in [0.15, 0.2) is 24.4 Å². The Labute approximate surface area is 122 Å². The minimum atomic E-state index is -0.393. The van der Waals surface area contributed by atoms with Crippen molar-refractivity contribution in [2.45, 2.75) is 13.5 Å². The number of ether oxygens (including phenoxy) is 1. The lowest BCUT2D eigenvalue weighted by atomic mass is 10.0. The third-order valence-electron chi connectivity index (χ3n) is 3.22.